The van der Waals surface area contributed by atoms with Gasteiger partial charge in [0.15, 0.2) is 5.65 Å². The van der Waals surface area contributed by atoms with E-state index >= 15 is 0 Å². The minimum absolute atomic E-state index is 0.0714. The summed E-state index contributed by atoms with van der Waals surface area (Å²) in [4.78, 5) is 24.7. The van der Waals surface area contributed by atoms with Crippen LogP contribution in [0.15, 0.2) is 30.6 Å². The first-order valence-electron chi connectivity index (χ1n) is 9.72. The topological polar surface area (TPSA) is 63.9 Å². The zero-order valence-corrected chi connectivity index (χ0v) is 15.7. The lowest BCUT2D eigenvalue weighted by Crippen LogP contribution is -2.36. The lowest BCUT2D eigenvalue weighted by molar-refractivity contribution is 0.0735. The number of rotatable bonds is 3. The number of hydrogen-bond donors (Lipinski definition) is 0. The number of pyridine rings is 2. The Hall–Kier alpha value is -2.76. The second-order valence-electron chi connectivity index (χ2n) is 7.88. The third-order valence-corrected chi connectivity index (χ3v) is 5.55. The summed E-state index contributed by atoms with van der Waals surface area (Å²) in [6.45, 7) is 5.49. The average Bonchev–Trinajstić information content (AvgIpc) is 3.45. The molecule has 1 saturated carbocycles. The monoisotopic (exact) mass is 361 g/mol. The van der Waals surface area contributed by atoms with Crippen LogP contribution in [0.3, 0.4) is 0 Å². The Kier molecular flexibility index (Phi) is 3.74. The molecule has 0 radical (unpaired) electrons. The van der Waals surface area contributed by atoms with Crippen LogP contribution in [0, 0.1) is 0 Å². The van der Waals surface area contributed by atoms with E-state index in [-0.39, 0.29) is 11.9 Å². The number of amides is 1. The van der Waals surface area contributed by atoms with Crippen LogP contribution >= 0.6 is 0 Å². The summed E-state index contributed by atoms with van der Waals surface area (Å²) in [7, 11) is 0. The molecule has 6 nitrogen and oxygen atoms in total. The Morgan fingerprint density at radius 3 is 2.93 bits per heavy atom. The number of aromatic nitrogens is 4. The van der Waals surface area contributed by atoms with Crippen molar-refractivity contribution in [3.8, 4) is 0 Å². The maximum absolute atomic E-state index is 13.4. The molecule has 0 spiro atoms. The first-order chi connectivity index (χ1) is 13.1. The highest BCUT2D eigenvalue weighted by Crippen LogP contribution is 2.40. The molecule has 0 bridgehead atoms. The molecule has 0 aromatic carbocycles. The van der Waals surface area contributed by atoms with Crippen LogP contribution in [0.4, 0.5) is 0 Å². The summed E-state index contributed by atoms with van der Waals surface area (Å²) < 4.78 is 1.92. The molecule has 0 atom stereocenters. The highest BCUT2D eigenvalue weighted by molar-refractivity contribution is 6.05. The Balaban J connectivity index is 1.57. The minimum atomic E-state index is 0.0714. The number of carbonyl (C=O) groups excluding carboxylic acids is 1. The molecule has 2 aliphatic rings. The van der Waals surface area contributed by atoms with Gasteiger partial charge in [-0.3, -0.25) is 9.78 Å². The van der Waals surface area contributed by atoms with Crippen LogP contribution in [0.1, 0.15) is 66.0 Å². The molecule has 1 aliphatic heterocycles. The van der Waals surface area contributed by atoms with E-state index in [1.165, 1.54) is 0 Å². The molecule has 138 valence electrons. The molecular formula is C21H23N5O. The SMILES string of the molecule is CC(C)n1ncc2c(C(=O)N3CCc4ncccc4C3)cc(C3CC3)nc21. The maximum atomic E-state index is 13.4. The predicted octanol–water partition coefficient (Wildman–Crippen LogP) is 3.48. The van der Waals surface area contributed by atoms with Gasteiger partial charge in [0.05, 0.1) is 17.1 Å². The van der Waals surface area contributed by atoms with Crippen LogP contribution in [0.2, 0.25) is 0 Å². The van der Waals surface area contributed by atoms with E-state index in [2.05, 4.69) is 30.0 Å². The van der Waals surface area contributed by atoms with Crippen LogP contribution in [0.25, 0.3) is 11.0 Å². The second kappa shape index (κ2) is 6.15. The van der Waals surface area contributed by atoms with Gasteiger partial charge in [0, 0.05) is 49.1 Å². The van der Waals surface area contributed by atoms with Gasteiger partial charge in [-0.15, -0.1) is 0 Å². The quantitative estimate of drug-likeness (QED) is 0.716. The van der Waals surface area contributed by atoms with Crippen molar-refractivity contribution in [3.63, 3.8) is 0 Å². The Morgan fingerprint density at radius 1 is 1.30 bits per heavy atom. The van der Waals surface area contributed by atoms with Crippen molar-refractivity contribution in [1.29, 1.82) is 0 Å². The van der Waals surface area contributed by atoms with Crippen molar-refractivity contribution in [2.24, 2.45) is 0 Å². The summed E-state index contributed by atoms with van der Waals surface area (Å²) in [5, 5.41) is 5.37. The van der Waals surface area contributed by atoms with Gasteiger partial charge in [-0.05, 0) is 44.4 Å². The number of hydrogen-bond acceptors (Lipinski definition) is 4. The largest absolute Gasteiger partial charge is 0.334 e. The molecule has 3 aromatic rings. The molecular weight excluding hydrogens is 338 g/mol. The zero-order chi connectivity index (χ0) is 18.5. The van der Waals surface area contributed by atoms with Crippen molar-refractivity contribution in [2.75, 3.05) is 6.54 Å². The van der Waals surface area contributed by atoms with E-state index in [4.69, 9.17) is 4.98 Å². The van der Waals surface area contributed by atoms with Crippen LogP contribution < -0.4 is 0 Å². The van der Waals surface area contributed by atoms with Gasteiger partial charge in [0.25, 0.3) is 5.91 Å². The first kappa shape index (κ1) is 16.4. The predicted molar refractivity (Wildman–Crippen MR) is 103 cm³/mol. The maximum Gasteiger partial charge on any atom is 0.255 e. The molecule has 5 rings (SSSR count). The molecule has 1 fully saturated rings. The second-order valence-corrected chi connectivity index (χ2v) is 7.88. The van der Waals surface area contributed by atoms with Gasteiger partial charge in [-0.25, -0.2) is 9.67 Å². The summed E-state index contributed by atoms with van der Waals surface area (Å²) in [6.07, 6.45) is 6.74. The summed E-state index contributed by atoms with van der Waals surface area (Å²) in [5.74, 6) is 0.560. The third kappa shape index (κ3) is 2.80. The number of fused-ring (bicyclic) bond motifs is 2. The number of nitrogens with zero attached hydrogens (tertiary/aromatic N) is 5. The number of carbonyl (C=O) groups is 1. The lowest BCUT2D eigenvalue weighted by Gasteiger charge is -2.28. The Labute approximate surface area is 158 Å². The van der Waals surface area contributed by atoms with Gasteiger partial charge < -0.3 is 4.90 Å². The normalized spacial score (nSPS) is 16.8. The molecule has 0 N–H and O–H groups in total. The van der Waals surface area contributed by atoms with Crippen molar-refractivity contribution in [3.05, 3.63) is 53.1 Å². The van der Waals surface area contributed by atoms with E-state index in [0.29, 0.717) is 19.0 Å². The lowest BCUT2D eigenvalue weighted by atomic mass is 10.0. The van der Waals surface area contributed by atoms with Crippen LogP contribution in [0.5, 0.6) is 0 Å². The van der Waals surface area contributed by atoms with E-state index in [1.807, 2.05) is 27.9 Å². The fraction of sp³-hybridized carbons (Fsp3) is 0.429. The van der Waals surface area contributed by atoms with Gasteiger partial charge in [-0.1, -0.05) is 6.07 Å². The molecule has 3 aromatic heterocycles. The van der Waals surface area contributed by atoms with Gasteiger partial charge >= 0.3 is 0 Å². The smallest absolute Gasteiger partial charge is 0.255 e. The molecule has 6 heteroatoms. The minimum Gasteiger partial charge on any atom is -0.334 e. The molecule has 0 unspecified atom stereocenters. The van der Waals surface area contributed by atoms with E-state index in [1.54, 1.807) is 6.20 Å². The molecule has 4 heterocycles. The first-order valence-corrected chi connectivity index (χ1v) is 9.72. The van der Waals surface area contributed by atoms with Crippen molar-refractivity contribution < 1.29 is 4.79 Å². The summed E-state index contributed by atoms with van der Waals surface area (Å²) in [5.41, 5.74) is 4.85. The van der Waals surface area contributed by atoms with Gasteiger partial charge in [0.2, 0.25) is 0 Å². The van der Waals surface area contributed by atoms with E-state index < -0.39 is 0 Å². The van der Waals surface area contributed by atoms with E-state index in [9.17, 15) is 4.79 Å². The van der Waals surface area contributed by atoms with Crippen molar-refractivity contribution in [1.82, 2.24) is 24.6 Å². The Bertz CT molecular complexity index is 1030. The molecule has 1 aliphatic carbocycles. The Morgan fingerprint density at radius 2 is 2.15 bits per heavy atom. The van der Waals surface area contributed by atoms with Gasteiger partial charge in [-0.2, -0.15) is 5.10 Å². The molecule has 27 heavy (non-hydrogen) atoms. The van der Waals surface area contributed by atoms with Crippen molar-refractivity contribution in [2.45, 2.75) is 51.6 Å². The van der Waals surface area contributed by atoms with Crippen molar-refractivity contribution >= 4 is 16.9 Å². The fourth-order valence-electron chi connectivity index (χ4n) is 3.89. The standard InChI is InChI=1S/C21H23N5O/c1-13(2)26-20-17(11-23-26)16(10-19(24-20)14-5-6-14)21(27)25-9-7-18-15(12-25)4-3-8-22-18/h3-4,8,10-11,13-14H,5-7,9,12H2,1-2H3. The highest BCUT2D eigenvalue weighted by Gasteiger charge is 2.30. The van der Waals surface area contributed by atoms with Crippen LogP contribution in [-0.2, 0) is 13.0 Å². The summed E-state index contributed by atoms with van der Waals surface area (Å²) in [6, 6.07) is 6.22. The van der Waals surface area contributed by atoms with Crippen LogP contribution in [-0.4, -0.2) is 37.1 Å². The van der Waals surface area contributed by atoms with Gasteiger partial charge in [0.1, 0.15) is 0 Å². The van der Waals surface area contributed by atoms with E-state index in [0.717, 1.165) is 52.8 Å². The fourth-order valence-corrected chi connectivity index (χ4v) is 3.89. The highest BCUT2D eigenvalue weighted by atomic mass is 16.2. The zero-order valence-electron chi connectivity index (χ0n) is 15.7. The molecule has 0 saturated heterocycles. The average molecular weight is 361 g/mol. The molecule has 1 amide bonds. The summed E-state index contributed by atoms with van der Waals surface area (Å²) >= 11 is 0. The third-order valence-electron chi connectivity index (χ3n) is 5.55.